The molecule has 2 aromatic heterocycles. The second-order valence-electron chi connectivity index (χ2n) is 6.90. The summed E-state index contributed by atoms with van der Waals surface area (Å²) in [7, 11) is 1.61. The van der Waals surface area contributed by atoms with Gasteiger partial charge in [-0.05, 0) is 45.2 Å². The van der Waals surface area contributed by atoms with Crippen molar-refractivity contribution in [3.63, 3.8) is 0 Å². The van der Waals surface area contributed by atoms with E-state index in [0.717, 1.165) is 60.2 Å². The minimum Gasteiger partial charge on any atom is -0.467 e. The Morgan fingerprint density at radius 2 is 1.88 bits per heavy atom. The van der Waals surface area contributed by atoms with E-state index in [0.29, 0.717) is 6.01 Å². The van der Waals surface area contributed by atoms with Crippen LogP contribution in [0, 0.1) is 12.8 Å². The number of aryl methyl sites for hydroxylation is 2. The van der Waals surface area contributed by atoms with Crippen molar-refractivity contribution in [2.24, 2.45) is 5.92 Å². The number of fused-ring (bicyclic) bond motifs is 1. The smallest absolute Gasteiger partial charge is 0.318 e. The van der Waals surface area contributed by atoms with E-state index < -0.39 is 0 Å². The van der Waals surface area contributed by atoms with Crippen LogP contribution in [0.2, 0.25) is 0 Å². The van der Waals surface area contributed by atoms with E-state index >= 15 is 0 Å². The molecule has 6 nitrogen and oxygen atoms in total. The van der Waals surface area contributed by atoms with Crippen molar-refractivity contribution in [1.29, 1.82) is 0 Å². The lowest BCUT2D eigenvalue weighted by molar-refractivity contribution is 0.339. The third kappa shape index (κ3) is 3.29. The van der Waals surface area contributed by atoms with Crippen LogP contribution < -0.4 is 10.1 Å². The molecule has 4 rings (SSSR count). The average Bonchev–Trinajstić information content (AvgIpc) is 3.07. The highest BCUT2D eigenvalue weighted by atomic mass is 16.5. The van der Waals surface area contributed by atoms with Gasteiger partial charge in [0, 0.05) is 12.1 Å². The Morgan fingerprint density at radius 1 is 1.12 bits per heavy atom. The Bertz CT molecular complexity index is 884. The van der Waals surface area contributed by atoms with Gasteiger partial charge >= 0.3 is 6.01 Å². The number of hydrogen-bond acceptors (Lipinski definition) is 5. The summed E-state index contributed by atoms with van der Waals surface area (Å²) < 4.78 is 7.54. The van der Waals surface area contributed by atoms with Gasteiger partial charge in [-0.15, -0.1) is 0 Å². The summed E-state index contributed by atoms with van der Waals surface area (Å²) >= 11 is 0. The summed E-state index contributed by atoms with van der Waals surface area (Å²) in [4.78, 5) is 13.9. The molecule has 0 aliphatic carbocycles. The van der Waals surface area contributed by atoms with Gasteiger partial charge in [0.2, 0.25) is 0 Å². The summed E-state index contributed by atoms with van der Waals surface area (Å²) in [5.74, 6) is 1.71. The van der Waals surface area contributed by atoms with Gasteiger partial charge in [0.05, 0.1) is 12.8 Å². The molecule has 26 heavy (non-hydrogen) atoms. The maximum Gasteiger partial charge on any atom is 0.318 e. The van der Waals surface area contributed by atoms with Crippen molar-refractivity contribution in [2.45, 2.75) is 32.7 Å². The Balaban J connectivity index is 1.77. The van der Waals surface area contributed by atoms with Crippen LogP contribution in [-0.2, 0) is 6.54 Å². The molecular formula is C20H25N5O. The van der Waals surface area contributed by atoms with Crippen LogP contribution in [0.3, 0.4) is 0 Å². The maximum absolute atomic E-state index is 5.30. The Hall–Kier alpha value is -2.47. The zero-order valence-corrected chi connectivity index (χ0v) is 15.4. The topological polar surface area (TPSA) is 64.9 Å². The van der Waals surface area contributed by atoms with Gasteiger partial charge in [0.1, 0.15) is 11.3 Å². The van der Waals surface area contributed by atoms with Crippen molar-refractivity contribution in [3.05, 3.63) is 36.0 Å². The number of piperidine rings is 1. The maximum atomic E-state index is 5.30. The second-order valence-corrected chi connectivity index (χ2v) is 6.90. The Kier molecular flexibility index (Phi) is 4.84. The first-order chi connectivity index (χ1) is 12.8. The molecule has 3 heterocycles. The van der Waals surface area contributed by atoms with Gasteiger partial charge in [0.25, 0.3) is 0 Å². The number of hydrogen-bond donors (Lipinski definition) is 1. The monoisotopic (exact) mass is 351 g/mol. The number of nitrogens with zero attached hydrogens (tertiary/aromatic N) is 4. The van der Waals surface area contributed by atoms with Crippen LogP contribution in [-0.4, -0.2) is 39.7 Å². The lowest BCUT2D eigenvalue weighted by Crippen LogP contribution is -2.28. The normalized spacial score (nSPS) is 15.5. The van der Waals surface area contributed by atoms with E-state index in [9.17, 15) is 0 Å². The van der Waals surface area contributed by atoms with Crippen LogP contribution in [0.15, 0.2) is 30.3 Å². The minimum atomic E-state index is 0.401. The predicted molar refractivity (Wildman–Crippen MR) is 102 cm³/mol. The average molecular weight is 351 g/mol. The predicted octanol–water partition coefficient (Wildman–Crippen LogP) is 3.20. The van der Waals surface area contributed by atoms with Crippen LogP contribution in [0.1, 0.15) is 25.0 Å². The molecule has 0 radical (unpaired) electrons. The van der Waals surface area contributed by atoms with Gasteiger partial charge in [-0.1, -0.05) is 30.3 Å². The molecule has 0 unspecified atom stereocenters. The van der Waals surface area contributed by atoms with Gasteiger partial charge < -0.3 is 14.6 Å². The molecule has 1 aliphatic heterocycles. The molecule has 0 spiro atoms. The van der Waals surface area contributed by atoms with E-state index in [2.05, 4.69) is 32.0 Å². The summed E-state index contributed by atoms with van der Waals surface area (Å²) in [5.41, 5.74) is 3.68. The van der Waals surface area contributed by atoms with Crippen molar-refractivity contribution < 1.29 is 4.74 Å². The van der Waals surface area contributed by atoms with Crippen molar-refractivity contribution in [3.8, 4) is 17.4 Å². The first-order valence-corrected chi connectivity index (χ1v) is 9.31. The van der Waals surface area contributed by atoms with Gasteiger partial charge in [-0.3, -0.25) is 0 Å². The molecule has 0 bridgehead atoms. The molecule has 1 aromatic carbocycles. The van der Waals surface area contributed by atoms with Crippen molar-refractivity contribution in [1.82, 2.24) is 24.8 Å². The van der Waals surface area contributed by atoms with E-state index in [1.807, 2.05) is 25.1 Å². The number of methoxy groups -OCH3 is 1. The highest BCUT2D eigenvalue weighted by Gasteiger charge is 2.19. The van der Waals surface area contributed by atoms with E-state index in [-0.39, 0.29) is 0 Å². The Labute approximate surface area is 153 Å². The number of benzene rings is 1. The first-order valence-electron chi connectivity index (χ1n) is 9.31. The first kappa shape index (κ1) is 17.0. The quantitative estimate of drug-likeness (QED) is 0.765. The Morgan fingerprint density at radius 3 is 2.62 bits per heavy atom. The molecule has 0 saturated carbocycles. The molecule has 1 aliphatic rings. The highest BCUT2D eigenvalue weighted by Crippen LogP contribution is 2.28. The molecule has 136 valence electrons. The van der Waals surface area contributed by atoms with Crippen molar-refractivity contribution >= 4 is 11.2 Å². The zero-order chi connectivity index (χ0) is 17.9. The molecule has 6 heteroatoms. The van der Waals surface area contributed by atoms with E-state index in [1.165, 1.54) is 12.8 Å². The lowest BCUT2D eigenvalue weighted by Gasteiger charge is -2.23. The lowest BCUT2D eigenvalue weighted by atomic mass is 9.95. The molecule has 0 atom stereocenters. The van der Waals surface area contributed by atoms with Crippen molar-refractivity contribution in [2.75, 3.05) is 20.2 Å². The molecule has 1 saturated heterocycles. The number of ether oxygens (including phenoxy) is 1. The summed E-state index contributed by atoms with van der Waals surface area (Å²) in [5, 5.41) is 3.44. The summed E-state index contributed by atoms with van der Waals surface area (Å²) in [6, 6.07) is 10.7. The van der Waals surface area contributed by atoms with E-state index in [4.69, 9.17) is 9.72 Å². The number of imidazole rings is 1. The van der Waals surface area contributed by atoms with Crippen LogP contribution >= 0.6 is 0 Å². The SMILES string of the molecule is COc1nc(C)c2nc(-c3ccccc3)n(CCC3CCNCC3)c2n1. The standard InChI is InChI=1S/C20H25N5O/c1-14-17-19(24-20(22-14)26-2)25(13-10-15-8-11-21-12-9-15)18(23-17)16-6-4-3-5-7-16/h3-7,15,21H,8-13H2,1-2H3. The summed E-state index contributed by atoms with van der Waals surface area (Å²) in [6.07, 6.45) is 3.62. The minimum absolute atomic E-state index is 0.401. The van der Waals surface area contributed by atoms with Crippen LogP contribution in [0.4, 0.5) is 0 Å². The highest BCUT2D eigenvalue weighted by molar-refractivity contribution is 5.79. The third-order valence-corrected chi connectivity index (χ3v) is 5.18. The molecule has 1 N–H and O–H groups in total. The number of rotatable bonds is 5. The largest absolute Gasteiger partial charge is 0.467 e. The number of aromatic nitrogens is 4. The van der Waals surface area contributed by atoms with Gasteiger partial charge in [-0.2, -0.15) is 9.97 Å². The second kappa shape index (κ2) is 7.41. The summed E-state index contributed by atoms with van der Waals surface area (Å²) in [6.45, 7) is 5.11. The molecule has 1 fully saturated rings. The molecular weight excluding hydrogens is 326 g/mol. The zero-order valence-electron chi connectivity index (χ0n) is 15.4. The van der Waals surface area contributed by atoms with Crippen LogP contribution in [0.25, 0.3) is 22.6 Å². The van der Waals surface area contributed by atoms with Gasteiger partial charge in [0.15, 0.2) is 5.65 Å². The third-order valence-electron chi connectivity index (χ3n) is 5.18. The fourth-order valence-corrected chi connectivity index (χ4v) is 3.71. The van der Waals surface area contributed by atoms with Crippen LogP contribution in [0.5, 0.6) is 6.01 Å². The fraction of sp³-hybridized carbons (Fsp3) is 0.450. The van der Waals surface area contributed by atoms with E-state index in [1.54, 1.807) is 7.11 Å². The van der Waals surface area contributed by atoms with Gasteiger partial charge in [-0.25, -0.2) is 4.98 Å². The molecule has 3 aromatic rings. The number of nitrogens with one attached hydrogen (secondary N) is 1. The fourth-order valence-electron chi connectivity index (χ4n) is 3.71. The molecule has 0 amide bonds.